The Balaban J connectivity index is 2.06. The van der Waals surface area contributed by atoms with Crippen LogP contribution in [-0.2, 0) is 0 Å². The molecule has 1 aromatic heterocycles. The van der Waals surface area contributed by atoms with Crippen LogP contribution in [-0.4, -0.2) is 5.78 Å². The molecule has 0 spiro atoms. The van der Waals surface area contributed by atoms with E-state index in [-0.39, 0.29) is 5.92 Å². The van der Waals surface area contributed by atoms with Crippen LogP contribution in [0.4, 0.5) is 0 Å². The lowest BCUT2D eigenvalue weighted by Crippen LogP contribution is -2.26. The highest BCUT2D eigenvalue weighted by Crippen LogP contribution is 2.35. The number of hydrogen-bond acceptors (Lipinski definition) is 2. The number of rotatable bonds is 2. The monoisotopic (exact) mass is 300 g/mol. The second-order valence-electron chi connectivity index (χ2n) is 4.97. The Morgan fingerprint density at radius 2 is 2.12 bits per heavy atom. The van der Waals surface area contributed by atoms with Gasteiger partial charge in [0.25, 0.3) is 0 Å². The molecule has 3 heteroatoms. The van der Waals surface area contributed by atoms with Gasteiger partial charge in [0.1, 0.15) is 0 Å². The predicted molar refractivity (Wildman–Crippen MR) is 72.0 cm³/mol. The summed E-state index contributed by atoms with van der Waals surface area (Å²) in [6.07, 6.45) is 3.33. The van der Waals surface area contributed by atoms with Gasteiger partial charge in [-0.2, -0.15) is 0 Å². The Bertz CT molecular complexity index is 385. The minimum Gasteiger partial charge on any atom is -0.294 e. The van der Waals surface area contributed by atoms with E-state index in [1.54, 1.807) is 11.3 Å². The molecule has 0 aromatic carbocycles. The van der Waals surface area contributed by atoms with Crippen LogP contribution in [0.1, 0.15) is 43.5 Å². The van der Waals surface area contributed by atoms with Crippen LogP contribution < -0.4 is 0 Å². The molecule has 0 radical (unpaired) electrons. The van der Waals surface area contributed by atoms with Crippen molar-refractivity contribution in [1.29, 1.82) is 0 Å². The molecule has 0 saturated heterocycles. The smallest absolute Gasteiger partial charge is 0.166 e. The predicted octanol–water partition coefficient (Wildman–Crippen LogP) is 4.77. The second-order valence-corrected chi connectivity index (χ2v) is 7.26. The van der Waals surface area contributed by atoms with Crippen molar-refractivity contribution in [1.82, 2.24) is 0 Å². The summed E-state index contributed by atoms with van der Waals surface area (Å²) < 4.78 is 1.05. The van der Waals surface area contributed by atoms with Crippen molar-refractivity contribution in [3.63, 3.8) is 0 Å². The normalized spacial score (nSPS) is 30.3. The molecule has 0 N–H and O–H groups in total. The molecule has 1 saturated carbocycles. The second kappa shape index (κ2) is 5.01. The summed E-state index contributed by atoms with van der Waals surface area (Å²) in [6, 6.07) is 1.95. The van der Waals surface area contributed by atoms with Gasteiger partial charge >= 0.3 is 0 Å². The van der Waals surface area contributed by atoms with Crippen molar-refractivity contribution in [2.24, 2.45) is 17.8 Å². The zero-order valence-electron chi connectivity index (χ0n) is 9.70. The van der Waals surface area contributed by atoms with Crippen molar-refractivity contribution in [2.45, 2.75) is 33.1 Å². The van der Waals surface area contributed by atoms with Gasteiger partial charge in [0, 0.05) is 16.9 Å². The fraction of sp³-hybridized carbons (Fsp3) is 0.615. The molecule has 16 heavy (non-hydrogen) atoms. The van der Waals surface area contributed by atoms with Crippen LogP contribution in [0.3, 0.4) is 0 Å². The molecular formula is C13H17BrOS. The van der Waals surface area contributed by atoms with Crippen LogP contribution in [0.25, 0.3) is 0 Å². The molecule has 1 nitrogen and oxygen atoms in total. The number of carbonyl (C=O) groups is 1. The third kappa shape index (κ3) is 2.57. The van der Waals surface area contributed by atoms with Crippen molar-refractivity contribution >= 4 is 33.0 Å². The molecule has 0 amide bonds. The molecule has 3 unspecified atom stereocenters. The van der Waals surface area contributed by atoms with Crippen molar-refractivity contribution in [2.75, 3.05) is 0 Å². The van der Waals surface area contributed by atoms with Gasteiger partial charge in [-0.25, -0.2) is 0 Å². The third-order valence-corrected chi connectivity index (χ3v) is 5.33. The molecule has 88 valence electrons. The lowest BCUT2D eigenvalue weighted by Gasteiger charge is -2.31. The van der Waals surface area contributed by atoms with Gasteiger partial charge in [-0.3, -0.25) is 4.79 Å². The quantitative estimate of drug-likeness (QED) is 0.719. The summed E-state index contributed by atoms with van der Waals surface area (Å²) >= 11 is 5.01. The molecular weight excluding hydrogens is 284 g/mol. The van der Waals surface area contributed by atoms with Crippen molar-refractivity contribution in [3.8, 4) is 0 Å². The maximum atomic E-state index is 12.3. The van der Waals surface area contributed by atoms with Gasteiger partial charge in [0.05, 0.1) is 3.79 Å². The molecule has 1 fully saturated rings. The molecule has 1 aromatic rings. The standard InChI is InChI=1S/C13H17BrOS/c1-8-3-4-10(5-9(8)2)13(15)11-6-12(14)16-7-11/h6-10H,3-5H2,1-2H3. The summed E-state index contributed by atoms with van der Waals surface area (Å²) in [5.41, 5.74) is 0.892. The highest BCUT2D eigenvalue weighted by molar-refractivity contribution is 9.11. The topological polar surface area (TPSA) is 17.1 Å². The summed E-state index contributed by atoms with van der Waals surface area (Å²) in [5, 5.41) is 1.97. The molecule has 1 heterocycles. The van der Waals surface area contributed by atoms with Gasteiger partial charge in [0.2, 0.25) is 0 Å². The minimum absolute atomic E-state index is 0.257. The molecule has 0 bridgehead atoms. The lowest BCUT2D eigenvalue weighted by atomic mass is 9.74. The number of halogens is 1. The van der Waals surface area contributed by atoms with E-state index in [0.717, 1.165) is 28.1 Å². The van der Waals surface area contributed by atoms with E-state index in [4.69, 9.17) is 0 Å². The minimum atomic E-state index is 0.257. The van der Waals surface area contributed by atoms with E-state index < -0.39 is 0 Å². The Kier molecular flexibility index (Phi) is 3.85. The zero-order valence-corrected chi connectivity index (χ0v) is 12.1. The molecule has 3 atom stereocenters. The number of hydrogen-bond donors (Lipinski definition) is 0. The van der Waals surface area contributed by atoms with Crippen molar-refractivity contribution < 1.29 is 4.79 Å². The fourth-order valence-electron chi connectivity index (χ4n) is 2.46. The van der Waals surface area contributed by atoms with Crippen LogP contribution >= 0.6 is 27.3 Å². The summed E-state index contributed by atoms with van der Waals surface area (Å²) in [7, 11) is 0. The van der Waals surface area contributed by atoms with E-state index in [2.05, 4.69) is 29.8 Å². The van der Waals surface area contributed by atoms with Crippen LogP contribution in [0.15, 0.2) is 15.2 Å². The zero-order chi connectivity index (χ0) is 11.7. The highest BCUT2D eigenvalue weighted by Gasteiger charge is 2.29. The molecule has 1 aliphatic rings. The number of thiophene rings is 1. The number of carbonyl (C=O) groups excluding carboxylic acids is 1. The van der Waals surface area contributed by atoms with Gasteiger partial charge in [-0.1, -0.05) is 13.8 Å². The summed E-state index contributed by atoms with van der Waals surface area (Å²) in [6.45, 7) is 4.57. The van der Waals surface area contributed by atoms with E-state index >= 15 is 0 Å². The maximum Gasteiger partial charge on any atom is 0.166 e. The van der Waals surface area contributed by atoms with E-state index in [0.29, 0.717) is 11.7 Å². The average molecular weight is 301 g/mol. The summed E-state index contributed by atoms with van der Waals surface area (Å²) in [5.74, 6) is 2.07. The first-order valence-corrected chi connectivity index (χ1v) is 7.53. The summed E-state index contributed by atoms with van der Waals surface area (Å²) in [4.78, 5) is 12.3. The van der Waals surface area contributed by atoms with Crippen LogP contribution in [0.5, 0.6) is 0 Å². The van der Waals surface area contributed by atoms with Gasteiger partial charge < -0.3 is 0 Å². The SMILES string of the molecule is CC1CCC(C(=O)c2csc(Br)c2)CC1C. The first-order chi connectivity index (χ1) is 7.58. The average Bonchev–Trinajstić information content (AvgIpc) is 2.68. The van der Waals surface area contributed by atoms with Crippen molar-refractivity contribution in [3.05, 3.63) is 20.8 Å². The van der Waals surface area contributed by atoms with Gasteiger partial charge in [0.15, 0.2) is 5.78 Å². The number of Topliss-reactive ketones (excluding diaryl/α,β-unsaturated/α-hetero) is 1. The molecule has 0 aliphatic heterocycles. The third-order valence-electron chi connectivity index (χ3n) is 3.82. The Hall–Kier alpha value is -0.150. The fourth-order valence-corrected chi connectivity index (χ4v) is 3.61. The first kappa shape index (κ1) is 12.3. The van der Waals surface area contributed by atoms with E-state index in [9.17, 15) is 4.79 Å². The Labute approximate surface area is 109 Å². The first-order valence-electron chi connectivity index (χ1n) is 5.86. The Morgan fingerprint density at radius 3 is 2.69 bits per heavy atom. The number of ketones is 1. The van der Waals surface area contributed by atoms with E-state index in [1.165, 1.54) is 6.42 Å². The molecule has 2 rings (SSSR count). The highest BCUT2D eigenvalue weighted by atomic mass is 79.9. The van der Waals surface area contributed by atoms with Gasteiger partial charge in [-0.05, 0) is 53.1 Å². The lowest BCUT2D eigenvalue weighted by molar-refractivity contribution is 0.0838. The maximum absolute atomic E-state index is 12.3. The Morgan fingerprint density at radius 1 is 1.38 bits per heavy atom. The van der Waals surface area contributed by atoms with E-state index in [1.807, 2.05) is 11.4 Å². The largest absolute Gasteiger partial charge is 0.294 e. The van der Waals surface area contributed by atoms with Gasteiger partial charge in [-0.15, -0.1) is 11.3 Å². The van der Waals surface area contributed by atoms with Crippen LogP contribution in [0.2, 0.25) is 0 Å². The molecule has 1 aliphatic carbocycles. The van der Waals surface area contributed by atoms with Crippen LogP contribution in [0, 0.1) is 17.8 Å².